The molecule has 0 saturated heterocycles. The van der Waals surface area contributed by atoms with Gasteiger partial charge in [0, 0.05) is 25.3 Å². The average molecular weight is 562 g/mol. The summed E-state index contributed by atoms with van der Waals surface area (Å²) in [6, 6.07) is 18.6. The molecule has 0 bridgehead atoms. The van der Waals surface area contributed by atoms with Crippen molar-refractivity contribution in [3.05, 3.63) is 82.7 Å². The van der Waals surface area contributed by atoms with Gasteiger partial charge in [0.05, 0.1) is 12.2 Å². The first-order chi connectivity index (χ1) is 15.5. The fraction of sp³-hybridized carbons (Fsp3) is 0.385. The molecule has 7 heteroatoms. The molecule has 0 aliphatic rings. The minimum Gasteiger partial charge on any atom is -0.489 e. The lowest BCUT2D eigenvalue weighted by molar-refractivity contribution is 0.306. The highest BCUT2D eigenvalue weighted by Crippen LogP contribution is 2.16. The van der Waals surface area contributed by atoms with Gasteiger partial charge in [-0.1, -0.05) is 42.5 Å². The van der Waals surface area contributed by atoms with E-state index in [2.05, 4.69) is 67.7 Å². The van der Waals surface area contributed by atoms with Crippen molar-refractivity contribution in [2.45, 2.75) is 53.3 Å². The number of halogens is 1. The second kappa shape index (κ2) is 13.2. The van der Waals surface area contributed by atoms with Crippen LogP contribution in [0, 0.1) is 13.8 Å². The summed E-state index contributed by atoms with van der Waals surface area (Å²) in [4.78, 5) is 4.77. The van der Waals surface area contributed by atoms with Gasteiger partial charge in [-0.3, -0.25) is 4.68 Å². The predicted molar refractivity (Wildman–Crippen MR) is 146 cm³/mol. The third kappa shape index (κ3) is 8.07. The topological polar surface area (TPSA) is 63.5 Å². The Hall–Kier alpha value is -2.55. The van der Waals surface area contributed by atoms with Gasteiger partial charge < -0.3 is 15.4 Å². The standard InChI is InChI=1S/C26H35N5O.HI/c1-6-27-26(29-19(2)16-25-20(3)30-31(5)21(25)4)28-17-22-12-14-24(15-13-22)32-18-23-10-8-7-9-11-23;/h7-15,19H,6,16-18H2,1-5H3,(H2,27,28,29);1H. The zero-order valence-corrected chi connectivity index (χ0v) is 22.6. The first-order valence-corrected chi connectivity index (χ1v) is 11.3. The summed E-state index contributed by atoms with van der Waals surface area (Å²) in [6.07, 6.45) is 0.906. The molecule has 0 amide bonds. The molecule has 3 rings (SSSR count). The van der Waals surface area contributed by atoms with E-state index in [-0.39, 0.29) is 30.0 Å². The van der Waals surface area contributed by atoms with Gasteiger partial charge in [0.25, 0.3) is 0 Å². The fourth-order valence-corrected chi connectivity index (χ4v) is 3.63. The molecule has 3 aromatic rings. The second-order valence-corrected chi connectivity index (χ2v) is 8.14. The molecule has 178 valence electrons. The molecule has 0 fully saturated rings. The maximum atomic E-state index is 5.87. The van der Waals surface area contributed by atoms with E-state index in [0.717, 1.165) is 41.5 Å². The summed E-state index contributed by atoms with van der Waals surface area (Å²) in [5.74, 6) is 1.69. The molecule has 1 unspecified atom stereocenters. The molecule has 0 aliphatic carbocycles. The van der Waals surface area contributed by atoms with Gasteiger partial charge >= 0.3 is 0 Å². The molecule has 0 radical (unpaired) electrons. The number of aromatic nitrogens is 2. The summed E-state index contributed by atoms with van der Waals surface area (Å²) in [7, 11) is 1.99. The molecule has 1 aromatic heterocycles. The highest BCUT2D eigenvalue weighted by atomic mass is 127. The van der Waals surface area contributed by atoms with Crippen LogP contribution in [0.15, 0.2) is 59.6 Å². The van der Waals surface area contributed by atoms with E-state index in [9.17, 15) is 0 Å². The summed E-state index contributed by atoms with van der Waals surface area (Å²) < 4.78 is 7.82. The smallest absolute Gasteiger partial charge is 0.191 e. The SMILES string of the molecule is CCNC(=NCc1ccc(OCc2ccccc2)cc1)NC(C)Cc1c(C)nn(C)c1C.I. The van der Waals surface area contributed by atoms with E-state index in [1.54, 1.807) is 0 Å². The zero-order valence-electron chi connectivity index (χ0n) is 20.3. The van der Waals surface area contributed by atoms with Gasteiger partial charge in [-0.05, 0) is 62.9 Å². The van der Waals surface area contributed by atoms with Gasteiger partial charge in [-0.15, -0.1) is 24.0 Å². The second-order valence-electron chi connectivity index (χ2n) is 8.14. The monoisotopic (exact) mass is 561 g/mol. The molecule has 1 heterocycles. The highest BCUT2D eigenvalue weighted by Gasteiger charge is 2.14. The quantitative estimate of drug-likeness (QED) is 0.221. The van der Waals surface area contributed by atoms with Crippen LogP contribution in [0.5, 0.6) is 5.75 Å². The maximum Gasteiger partial charge on any atom is 0.191 e. The van der Waals surface area contributed by atoms with Gasteiger partial charge in [-0.25, -0.2) is 4.99 Å². The van der Waals surface area contributed by atoms with Crippen LogP contribution in [0.3, 0.4) is 0 Å². The average Bonchev–Trinajstić information content (AvgIpc) is 3.03. The summed E-state index contributed by atoms with van der Waals surface area (Å²) in [6.45, 7) is 10.4. The number of rotatable bonds is 9. The lowest BCUT2D eigenvalue weighted by Crippen LogP contribution is -2.43. The van der Waals surface area contributed by atoms with Crippen LogP contribution in [-0.4, -0.2) is 28.3 Å². The van der Waals surface area contributed by atoms with E-state index in [0.29, 0.717) is 13.2 Å². The molecule has 0 aliphatic heterocycles. The van der Waals surface area contributed by atoms with Gasteiger partial charge in [-0.2, -0.15) is 5.10 Å². The maximum absolute atomic E-state index is 5.87. The van der Waals surface area contributed by atoms with Crippen molar-refractivity contribution in [2.24, 2.45) is 12.0 Å². The van der Waals surface area contributed by atoms with Crippen LogP contribution < -0.4 is 15.4 Å². The predicted octanol–water partition coefficient (Wildman–Crippen LogP) is 4.92. The molecular weight excluding hydrogens is 525 g/mol. The van der Waals surface area contributed by atoms with Crippen molar-refractivity contribution in [1.29, 1.82) is 0 Å². The normalized spacial score (nSPS) is 12.1. The Bertz CT molecular complexity index is 1020. The van der Waals surface area contributed by atoms with Gasteiger partial charge in [0.15, 0.2) is 5.96 Å². The first-order valence-electron chi connectivity index (χ1n) is 11.3. The van der Waals surface area contributed by atoms with E-state index in [1.807, 2.05) is 42.1 Å². The van der Waals surface area contributed by atoms with Crippen molar-refractivity contribution in [3.63, 3.8) is 0 Å². The van der Waals surface area contributed by atoms with Gasteiger partial charge in [0.2, 0.25) is 0 Å². The number of hydrogen-bond acceptors (Lipinski definition) is 3. The number of aliphatic imine (C=N–C) groups is 1. The van der Waals surface area contributed by atoms with Crippen LogP contribution in [0.25, 0.3) is 0 Å². The zero-order chi connectivity index (χ0) is 22.9. The Balaban J connectivity index is 0.00000385. The van der Waals surface area contributed by atoms with Crippen LogP contribution in [0.4, 0.5) is 0 Å². The van der Waals surface area contributed by atoms with Crippen LogP contribution in [0.1, 0.15) is 41.9 Å². The Kier molecular flexibility index (Phi) is 10.7. The van der Waals surface area contributed by atoms with E-state index >= 15 is 0 Å². The Morgan fingerprint density at radius 2 is 1.76 bits per heavy atom. The summed E-state index contributed by atoms with van der Waals surface area (Å²) in [5, 5.41) is 11.4. The summed E-state index contributed by atoms with van der Waals surface area (Å²) in [5.41, 5.74) is 5.91. The van der Waals surface area contributed by atoms with E-state index in [1.165, 1.54) is 11.3 Å². The Labute approximate surface area is 214 Å². The molecular formula is C26H36IN5O. The lowest BCUT2D eigenvalue weighted by Gasteiger charge is -2.18. The van der Waals surface area contributed by atoms with E-state index in [4.69, 9.17) is 9.73 Å². The third-order valence-corrected chi connectivity index (χ3v) is 5.49. The lowest BCUT2D eigenvalue weighted by atomic mass is 10.1. The highest BCUT2D eigenvalue weighted by molar-refractivity contribution is 14.0. The van der Waals surface area contributed by atoms with Gasteiger partial charge in [0.1, 0.15) is 12.4 Å². The van der Waals surface area contributed by atoms with Crippen LogP contribution >= 0.6 is 24.0 Å². The number of nitrogens with zero attached hydrogens (tertiary/aromatic N) is 3. The fourth-order valence-electron chi connectivity index (χ4n) is 3.63. The first kappa shape index (κ1) is 26.7. The Morgan fingerprint density at radius 3 is 2.36 bits per heavy atom. The van der Waals surface area contributed by atoms with Crippen molar-refractivity contribution in [2.75, 3.05) is 6.54 Å². The minimum absolute atomic E-state index is 0. The molecule has 2 aromatic carbocycles. The van der Waals surface area contributed by atoms with Crippen molar-refractivity contribution >= 4 is 29.9 Å². The van der Waals surface area contributed by atoms with Crippen LogP contribution in [-0.2, 0) is 26.6 Å². The van der Waals surface area contributed by atoms with E-state index < -0.39 is 0 Å². The number of ether oxygens (including phenoxy) is 1. The minimum atomic E-state index is 0. The number of guanidine groups is 1. The molecule has 0 spiro atoms. The molecule has 2 N–H and O–H groups in total. The third-order valence-electron chi connectivity index (χ3n) is 5.49. The molecule has 33 heavy (non-hydrogen) atoms. The molecule has 0 saturated carbocycles. The number of hydrogen-bond donors (Lipinski definition) is 2. The molecule has 1 atom stereocenters. The Morgan fingerprint density at radius 1 is 1.06 bits per heavy atom. The van der Waals surface area contributed by atoms with Crippen molar-refractivity contribution in [1.82, 2.24) is 20.4 Å². The molecule has 6 nitrogen and oxygen atoms in total. The number of nitrogens with one attached hydrogen (secondary N) is 2. The summed E-state index contributed by atoms with van der Waals surface area (Å²) >= 11 is 0. The number of benzene rings is 2. The van der Waals surface area contributed by atoms with Crippen LogP contribution in [0.2, 0.25) is 0 Å². The number of aryl methyl sites for hydroxylation is 2. The largest absolute Gasteiger partial charge is 0.489 e. The van der Waals surface area contributed by atoms with Crippen molar-refractivity contribution < 1.29 is 4.74 Å². The van der Waals surface area contributed by atoms with Crippen molar-refractivity contribution in [3.8, 4) is 5.75 Å².